The maximum Gasteiger partial charge on any atom is 0.258 e. The minimum Gasteiger partial charge on any atom is -0.496 e. The van der Waals surface area contributed by atoms with Gasteiger partial charge in [0.15, 0.2) is 6.29 Å². The summed E-state index contributed by atoms with van der Waals surface area (Å²) >= 11 is 0. The third kappa shape index (κ3) is 3.13. The van der Waals surface area contributed by atoms with Crippen molar-refractivity contribution in [2.24, 2.45) is 0 Å². The van der Waals surface area contributed by atoms with Gasteiger partial charge in [-0.25, -0.2) is 0 Å². The Morgan fingerprint density at radius 2 is 1.79 bits per heavy atom. The first-order chi connectivity index (χ1) is 8.93. The lowest BCUT2D eigenvalue weighted by Crippen LogP contribution is -2.42. The van der Waals surface area contributed by atoms with Gasteiger partial charge >= 0.3 is 0 Å². The van der Waals surface area contributed by atoms with Crippen molar-refractivity contribution < 1.29 is 14.3 Å². The van der Waals surface area contributed by atoms with Crippen molar-refractivity contribution in [3.05, 3.63) is 29.3 Å². The molecule has 0 unspecified atom stereocenters. The minimum atomic E-state index is -0.176. The van der Waals surface area contributed by atoms with E-state index in [-0.39, 0.29) is 18.0 Å². The summed E-state index contributed by atoms with van der Waals surface area (Å²) in [5.74, 6) is 0.255. The summed E-state index contributed by atoms with van der Waals surface area (Å²) in [6.07, 6.45) is 0.689. The van der Waals surface area contributed by atoms with Crippen LogP contribution in [0.15, 0.2) is 18.2 Å². The highest BCUT2D eigenvalue weighted by Gasteiger charge is 2.26. The summed E-state index contributed by atoms with van der Waals surface area (Å²) in [4.78, 5) is 25.6. The molecule has 0 radical (unpaired) electrons. The van der Waals surface area contributed by atoms with Gasteiger partial charge < -0.3 is 9.64 Å². The monoisotopic (exact) mass is 263 g/mol. The van der Waals surface area contributed by atoms with E-state index in [9.17, 15) is 9.59 Å². The maximum atomic E-state index is 12.7. The van der Waals surface area contributed by atoms with Crippen molar-refractivity contribution in [3.8, 4) is 5.75 Å². The molecule has 19 heavy (non-hydrogen) atoms. The second-order valence-electron chi connectivity index (χ2n) is 4.94. The van der Waals surface area contributed by atoms with Crippen LogP contribution in [0, 0.1) is 0 Å². The number of nitrogens with zero attached hydrogens (tertiary/aromatic N) is 1. The molecule has 104 valence electrons. The van der Waals surface area contributed by atoms with Crippen molar-refractivity contribution in [1.29, 1.82) is 0 Å². The van der Waals surface area contributed by atoms with Crippen LogP contribution in [-0.2, 0) is 0 Å². The second-order valence-corrected chi connectivity index (χ2v) is 4.94. The third-order valence-corrected chi connectivity index (χ3v) is 2.97. The number of carbonyl (C=O) groups excluding carboxylic acids is 2. The van der Waals surface area contributed by atoms with Gasteiger partial charge in [0, 0.05) is 17.6 Å². The van der Waals surface area contributed by atoms with E-state index >= 15 is 0 Å². The van der Waals surface area contributed by atoms with Crippen LogP contribution in [-0.4, -0.2) is 36.3 Å². The fourth-order valence-corrected chi connectivity index (χ4v) is 2.24. The lowest BCUT2D eigenvalue weighted by atomic mass is 10.0. The van der Waals surface area contributed by atoms with Gasteiger partial charge in [-0.3, -0.25) is 9.59 Å². The highest BCUT2D eigenvalue weighted by molar-refractivity contribution is 6.04. The van der Waals surface area contributed by atoms with Crippen LogP contribution in [0.5, 0.6) is 5.75 Å². The summed E-state index contributed by atoms with van der Waals surface area (Å²) in [5.41, 5.74) is 0.693. The van der Waals surface area contributed by atoms with Crippen LogP contribution in [0.1, 0.15) is 48.4 Å². The standard InChI is InChI=1S/C15H21NO3/c1-10(2)16(11(3)4)15(18)14-12(9-17)7-6-8-13(14)19-5/h6-11H,1-5H3. The summed E-state index contributed by atoms with van der Waals surface area (Å²) in [5, 5.41) is 0. The Bertz CT molecular complexity index is 458. The summed E-state index contributed by atoms with van der Waals surface area (Å²) in [6, 6.07) is 5.13. The molecule has 0 saturated heterocycles. The first-order valence-electron chi connectivity index (χ1n) is 6.38. The van der Waals surface area contributed by atoms with Crippen LogP contribution in [0.3, 0.4) is 0 Å². The molecule has 0 aliphatic carbocycles. The van der Waals surface area contributed by atoms with E-state index in [1.807, 2.05) is 27.7 Å². The predicted octanol–water partition coefficient (Wildman–Crippen LogP) is 2.77. The molecular formula is C15H21NO3. The molecule has 0 aliphatic heterocycles. The summed E-state index contributed by atoms with van der Waals surface area (Å²) in [7, 11) is 1.50. The number of hydrogen-bond acceptors (Lipinski definition) is 3. The first kappa shape index (κ1) is 15.2. The Kier molecular flexibility index (Phi) is 5.10. The van der Waals surface area contributed by atoms with E-state index in [0.717, 1.165) is 0 Å². The number of ether oxygens (including phenoxy) is 1. The smallest absolute Gasteiger partial charge is 0.258 e. The SMILES string of the molecule is COc1cccc(C=O)c1C(=O)N(C(C)C)C(C)C. The molecule has 4 nitrogen and oxygen atoms in total. The van der Waals surface area contributed by atoms with Gasteiger partial charge in [-0.05, 0) is 33.8 Å². The molecule has 0 fully saturated rings. The second kappa shape index (κ2) is 6.36. The average Bonchev–Trinajstić information content (AvgIpc) is 2.36. The molecule has 1 rings (SSSR count). The number of rotatable bonds is 5. The molecule has 0 bridgehead atoms. The van der Waals surface area contributed by atoms with Gasteiger partial charge in [-0.15, -0.1) is 0 Å². The molecule has 0 saturated carbocycles. The van der Waals surface area contributed by atoms with E-state index < -0.39 is 0 Å². The van der Waals surface area contributed by atoms with Gasteiger partial charge in [0.1, 0.15) is 5.75 Å². The zero-order chi connectivity index (χ0) is 14.6. The number of methoxy groups -OCH3 is 1. The topological polar surface area (TPSA) is 46.6 Å². The summed E-state index contributed by atoms with van der Waals surface area (Å²) < 4.78 is 5.21. The number of carbonyl (C=O) groups is 2. The van der Waals surface area contributed by atoms with Gasteiger partial charge in [-0.1, -0.05) is 12.1 Å². The minimum absolute atomic E-state index is 0.0527. The largest absolute Gasteiger partial charge is 0.496 e. The Balaban J connectivity index is 3.35. The fourth-order valence-electron chi connectivity index (χ4n) is 2.24. The van der Waals surface area contributed by atoms with Gasteiger partial charge in [-0.2, -0.15) is 0 Å². The van der Waals surface area contributed by atoms with Gasteiger partial charge in [0.2, 0.25) is 0 Å². The average molecular weight is 263 g/mol. The summed E-state index contributed by atoms with van der Waals surface area (Å²) in [6.45, 7) is 7.81. The zero-order valence-electron chi connectivity index (χ0n) is 12.1. The van der Waals surface area contributed by atoms with Crippen LogP contribution < -0.4 is 4.74 Å². The molecule has 1 aromatic rings. The molecule has 0 atom stereocenters. The molecule has 4 heteroatoms. The Morgan fingerprint density at radius 3 is 2.21 bits per heavy atom. The van der Waals surface area contributed by atoms with Crippen molar-refractivity contribution in [3.63, 3.8) is 0 Å². The molecule has 0 heterocycles. The van der Waals surface area contributed by atoms with E-state index in [0.29, 0.717) is 23.2 Å². The molecule has 0 spiro atoms. The molecule has 0 aliphatic rings. The Hall–Kier alpha value is -1.84. The highest BCUT2D eigenvalue weighted by Crippen LogP contribution is 2.24. The Morgan fingerprint density at radius 1 is 1.21 bits per heavy atom. The van der Waals surface area contributed by atoms with Crippen molar-refractivity contribution in [2.75, 3.05) is 7.11 Å². The quantitative estimate of drug-likeness (QED) is 0.767. The van der Waals surface area contributed by atoms with E-state index in [1.165, 1.54) is 7.11 Å². The Labute approximate surface area is 114 Å². The van der Waals surface area contributed by atoms with Crippen molar-refractivity contribution in [2.45, 2.75) is 39.8 Å². The lowest BCUT2D eigenvalue weighted by molar-refractivity contribution is 0.0638. The zero-order valence-corrected chi connectivity index (χ0v) is 12.1. The van der Waals surface area contributed by atoms with Crippen LogP contribution in [0.4, 0.5) is 0 Å². The lowest BCUT2D eigenvalue weighted by Gasteiger charge is -2.31. The molecule has 0 aromatic heterocycles. The maximum absolute atomic E-state index is 12.7. The predicted molar refractivity (Wildman–Crippen MR) is 74.8 cm³/mol. The molecule has 0 N–H and O–H groups in total. The normalized spacial score (nSPS) is 10.7. The first-order valence-corrected chi connectivity index (χ1v) is 6.38. The molecule has 1 aromatic carbocycles. The highest BCUT2D eigenvalue weighted by atomic mass is 16.5. The van der Waals surface area contributed by atoms with Gasteiger partial charge in [0.25, 0.3) is 5.91 Å². The van der Waals surface area contributed by atoms with Crippen molar-refractivity contribution >= 4 is 12.2 Å². The van der Waals surface area contributed by atoms with Crippen molar-refractivity contribution in [1.82, 2.24) is 4.90 Å². The number of benzene rings is 1. The number of hydrogen-bond donors (Lipinski definition) is 0. The van der Waals surface area contributed by atoms with Crippen LogP contribution >= 0.6 is 0 Å². The molecule has 1 amide bonds. The van der Waals surface area contributed by atoms with E-state index in [4.69, 9.17) is 4.74 Å². The number of aldehydes is 1. The number of amides is 1. The third-order valence-electron chi connectivity index (χ3n) is 2.97. The van der Waals surface area contributed by atoms with E-state index in [1.54, 1.807) is 23.1 Å². The van der Waals surface area contributed by atoms with Gasteiger partial charge in [0.05, 0.1) is 12.7 Å². The fraction of sp³-hybridized carbons (Fsp3) is 0.467. The van der Waals surface area contributed by atoms with Crippen LogP contribution in [0.2, 0.25) is 0 Å². The molecular weight excluding hydrogens is 242 g/mol. The van der Waals surface area contributed by atoms with E-state index in [2.05, 4.69) is 0 Å². The van der Waals surface area contributed by atoms with Crippen LogP contribution in [0.25, 0.3) is 0 Å².